The van der Waals surface area contributed by atoms with Crippen LogP contribution in [0, 0.1) is 11.3 Å². The summed E-state index contributed by atoms with van der Waals surface area (Å²) in [5, 5.41) is 13.0. The van der Waals surface area contributed by atoms with Crippen molar-refractivity contribution in [2.45, 2.75) is 18.0 Å². The van der Waals surface area contributed by atoms with Crippen molar-refractivity contribution in [1.82, 2.24) is 9.78 Å². The van der Waals surface area contributed by atoms with Gasteiger partial charge in [0, 0.05) is 6.92 Å². The van der Waals surface area contributed by atoms with Crippen molar-refractivity contribution >= 4 is 46.1 Å². The van der Waals surface area contributed by atoms with Crippen molar-refractivity contribution in [1.29, 1.82) is 5.26 Å². The Labute approximate surface area is 170 Å². The summed E-state index contributed by atoms with van der Waals surface area (Å²) in [4.78, 5) is 16.8. The molecule has 0 aliphatic rings. The number of hydrogen-bond acceptors (Lipinski definition) is 5. The molecule has 1 aromatic heterocycles. The maximum atomic E-state index is 13.0. The number of rotatable bonds is 4. The molecule has 7 nitrogen and oxygen atoms in total. The number of amides is 1. The largest absolute Gasteiger partial charge is 0.611 e. The van der Waals surface area contributed by atoms with E-state index in [2.05, 4.69) is 5.10 Å². The van der Waals surface area contributed by atoms with Crippen LogP contribution in [0.15, 0.2) is 17.0 Å². The number of halogens is 5. The smallest absolute Gasteiger partial charge is 0.416 e. The van der Waals surface area contributed by atoms with Gasteiger partial charge in [0.05, 0.1) is 22.7 Å². The van der Waals surface area contributed by atoms with Gasteiger partial charge in [-0.2, -0.15) is 23.5 Å². The third kappa shape index (κ3) is 4.06. The van der Waals surface area contributed by atoms with E-state index >= 15 is 0 Å². The zero-order valence-electron chi connectivity index (χ0n) is 14.5. The molecule has 0 N–H and O–H groups in total. The standard InChI is InChI=1S/C15H11Cl2F3N4O3S/c1-7(25)24(27-2)14-13(28(3)26)11(6-21)22-23(14)12-9(16)4-8(5-10(12)17)15(18,19)20/h4-5H,1-3H3. The molecule has 1 aromatic carbocycles. The zero-order valence-corrected chi connectivity index (χ0v) is 16.8. The second-order valence-corrected chi connectivity index (χ2v) is 7.39. The first kappa shape index (κ1) is 22.3. The lowest BCUT2D eigenvalue weighted by molar-refractivity contribution is -0.137. The molecule has 2 aromatic rings. The van der Waals surface area contributed by atoms with E-state index in [0.717, 1.165) is 18.7 Å². The zero-order chi connectivity index (χ0) is 21.4. The number of benzene rings is 1. The molecule has 0 aliphatic carbocycles. The van der Waals surface area contributed by atoms with E-state index in [9.17, 15) is 27.8 Å². The van der Waals surface area contributed by atoms with Gasteiger partial charge in [-0.1, -0.05) is 23.2 Å². The average molecular weight is 455 g/mol. The monoisotopic (exact) mass is 454 g/mol. The molecule has 0 saturated heterocycles. The van der Waals surface area contributed by atoms with E-state index in [4.69, 9.17) is 28.0 Å². The van der Waals surface area contributed by atoms with Gasteiger partial charge in [-0.25, -0.2) is 4.68 Å². The first-order chi connectivity index (χ1) is 12.9. The van der Waals surface area contributed by atoms with Gasteiger partial charge in [0.25, 0.3) is 0 Å². The molecule has 13 heteroatoms. The van der Waals surface area contributed by atoms with Gasteiger partial charge >= 0.3 is 6.18 Å². The molecule has 0 radical (unpaired) electrons. The minimum Gasteiger partial charge on any atom is -0.611 e. The minimum absolute atomic E-state index is 0.174. The molecule has 1 atom stereocenters. The average Bonchev–Trinajstić information content (AvgIpc) is 2.93. The van der Waals surface area contributed by atoms with Crippen molar-refractivity contribution in [3.63, 3.8) is 0 Å². The maximum absolute atomic E-state index is 13.0. The van der Waals surface area contributed by atoms with E-state index in [1.54, 1.807) is 6.07 Å². The van der Waals surface area contributed by atoms with E-state index in [0.29, 0.717) is 17.2 Å². The van der Waals surface area contributed by atoms with Crippen LogP contribution in [-0.4, -0.2) is 33.6 Å². The number of hydroxylamine groups is 1. The summed E-state index contributed by atoms with van der Waals surface area (Å²) in [6.07, 6.45) is -3.47. The SMILES string of the molecule is CON(C(C)=O)c1c([S+](C)[O-])c(C#N)nn1-c1c(Cl)cc(C(F)(F)F)cc1Cl. The Morgan fingerprint density at radius 1 is 1.39 bits per heavy atom. The van der Waals surface area contributed by atoms with Gasteiger partial charge in [-0.05, 0) is 23.3 Å². The highest BCUT2D eigenvalue weighted by Crippen LogP contribution is 2.40. The Bertz CT molecular complexity index is 950. The fourth-order valence-corrected chi connectivity index (χ4v) is 3.79. The first-order valence-corrected chi connectivity index (χ1v) is 9.53. The summed E-state index contributed by atoms with van der Waals surface area (Å²) in [7, 11) is 1.13. The number of anilines is 1. The molecule has 0 spiro atoms. The predicted molar refractivity (Wildman–Crippen MR) is 95.8 cm³/mol. The maximum Gasteiger partial charge on any atom is 0.416 e. The predicted octanol–water partition coefficient (Wildman–Crippen LogP) is 3.72. The van der Waals surface area contributed by atoms with E-state index in [-0.39, 0.29) is 22.1 Å². The summed E-state index contributed by atoms with van der Waals surface area (Å²) in [5.74, 6) is -0.949. The fraction of sp³-hybridized carbons (Fsp3) is 0.267. The summed E-state index contributed by atoms with van der Waals surface area (Å²) in [6.45, 7) is 1.12. The Morgan fingerprint density at radius 3 is 2.29 bits per heavy atom. The third-order valence-corrected chi connectivity index (χ3v) is 4.96. The molecule has 0 fully saturated rings. The van der Waals surface area contributed by atoms with E-state index < -0.39 is 38.9 Å². The lowest BCUT2D eigenvalue weighted by Gasteiger charge is -2.21. The molecular weight excluding hydrogens is 444 g/mol. The van der Waals surface area contributed by atoms with E-state index in [1.807, 2.05) is 0 Å². The number of nitriles is 1. The molecule has 0 saturated carbocycles. The Kier molecular flexibility index (Phi) is 6.52. The van der Waals surface area contributed by atoms with Crippen LogP contribution in [0.2, 0.25) is 10.0 Å². The van der Waals surface area contributed by atoms with Crippen LogP contribution in [0.5, 0.6) is 0 Å². The van der Waals surface area contributed by atoms with Crippen LogP contribution in [0.3, 0.4) is 0 Å². The number of aromatic nitrogens is 2. The van der Waals surface area contributed by atoms with E-state index in [1.165, 1.54) is 6.26 Å². The second kappa shape index (κ2) is 8.18. The van der Waals surface area contributed by atoms with Crippen LogP contribution in [0.1, 0.15) is 18.2 Å². The topological polar surface area (TPSA) is 94.2 Å². The van der Waals surface area contributed by atoms with Crippen LogP contribution < -0.4 is 5.06 Å². The fourth-order valence-electron chi connectivity index (χ4n) is 2.36. The van der Waals surface area contributed by atoms with Crippen molar-refractivity contribution in [2.75, 3.05) is 18.4 Å². The molecular formula is C15H11Cl2F3N4O3S. The molecule has 0 aliphatic heterocycles. The Balaban J connectivity index is 2.91. The third-order valence-electron chi connectivity index (χ3n) is 3.43. The normalized spacial score (nSPS) is 12.6. The number of carbonyl (C=O) groups excluding carboxylic acids is 1. The molecule has 1 amide bonds. The molecule has 0 bridgehead atoms. The van der Waals surface area contributed by atoms with Crippen molar-refractivity contribution < 1.29 is 27.4 Å². The van der Waals surface area contributed by atoms with Crippen LogP contribution in [0.4, 0.5) is 19.0 Å². The minimum atomic E-state index is -4.70. The van der Waals surface area contributed by atoms with Crippen LogP contribution >= 0.6 is 23.2 Å². The lowest BCUT2D eigenvalue weighted by atomic mass is 10.2. The molecule has 28 heavy (non-hydrogen) atoms. The number of alkyl halides is 3. The lowest BCUT2D eigenvalue weighted by Crippen LogP contribution is -2.30. The summed E-state index contributed by atoms with van der Waals surface area (Å²) in [5.41, 5.74) is -1.69. The van der Waals surface area contributed by atoms with Crippen molar-refractivity contribution in [2.24, 2.45) is 0 Å². The molecule has 1 unspecified atom stereocenters. The summed E-state index contributed by atoms with van der Waals surface area (Å²) in [6, 6.07) is 2.95. The number of carbonyl (C=O) groups is 1. The highest BCUT2D eigenvalue weighted by molar-refractivity contribution is 7.91. The molecule has 2 rings (SSSR count). The Hall–Kier alpha value is -1.97. The van der Waals surface area contributed by atoms with Crippen LogP contribution in [0.25, 0.3) is 5.69 Å². The summed E-state index contributed by atoms with van der Waals surface area (Å²) >= 11 is 10.2. The van der Waals surface area contributed by atoms with Gasteiger partial charge in [0.1, 0.15) is 18.0 Å². The van der Waals surface area contributed by atoms with Crippen molar-refractivity contribution in [3.05, 3.63) is 33.4 Å². The highest BCUT2D eigenvalue weighted by atomic mass is 35.5. The van der Waals surface area contributed by atoms with Crippen molar-refractivity contribution in [3.8, 4) is 11.8 Å². The number of nitrogens with zero attached hydrogens (tertiary/aromatic N) is 4. The highest BCUT2D eigenvalue weighted by Gasteiger charge is 2.36. The van der Waals surface area contributed by atoms with Gasteiger partial charge < -0.3 is 4.55 Å². The summed E-state index contributed by atoms with van der Waals surface area (Å²) < 4.78 is 52.0. The Morgan fingerprint density at radius 2 is 1.93 bits per heavy atom. The second-order valence-electron chi connectivity index (χ2n) is 5.26. The number of hydrogen-bond donors (Lipinski definition) is 0. The van der Waals surface area contributed by atoms with Crippen LogP contribution in [-0.2, 0) is 27.0 Å². The first-order valence-electron chi connectivity index (χ1n) is 7.22. The quantitative estimate of drug-likeness (QED) is 0.518. The van der Waals surface area contributed by atoms with Gasteiger partial charge in [0.2, 0.25) is 22.3 Å². The van der Waals surface area contributed by atoms with Gasteiger partial charge in [0.15, 0.2) is 0 Å². The van der Waals surface area contributed by atoms with Gasteiger partial charge in [-0.3, -0.25) is 9.63 Å². The molecule has 1 heterocycles. The van der Waals surface area contributed by atoms with Gasteiger partial charge in [-0.15, -0.1) is 5.10 Å². The molecule has 150 valence electrons.